The van der Waals surface area contributed by atoms with E-state index in [4.69, 9.17) is 4.74 Å². The standard InChI is InChI=1S/C22H21FN2O3/c1-14(11-15-5-3-4-6-19(15)23)21(26)24-10-9-17-12-16-7-8-18(28-2)13-20(16)25-22(17)27/h3-8,11-13H,9-10H2,1-2H3,(H,24,26)(H,25,27)/b14-11+. The van der Waals surface area contributed by atoms with Crippen molar-refractivity contribution in [3.8, 4) is 5.75 Å². The van der Waals surface area contributed by atoms with Gasteiger partial charge in [0.25, 0.3) is 5.56 Å². The third kappa shape index (κ3) is 4.46. The summed E-state index contributed by atoms with van der Waals surface area (Å²) in [5.41, 5.74) is 1.82. The number of fused-ring (bicyclic) bond motifs is 1. The van der Waals surface area contributed by atoms with Gasteiger partial charge >= 0.3 is 0 Å². The SMILES string of the molecule is COc1ccc2cc(CCNC(=O)/C(C)=C/c3ccccc3F)c(=O)[nH]c2c1. The Balaban J connectivity index is 1.66. The van der Waals surface area contributed by atoms with Crippen molar-refractivity contribution in [2.24, 2.45) is 0 Å². The van der Waals surface area contributed by atoms with Crippen molar-refractivity contribution in [3.63, 3.8) is 0 Å². The number of benzene rings is 2. The van der Waals surface area contributed by atoms with Crippen LogP contribution in [0.15, 0.2) is 58.9 Å². The van der Waals surface area contributed by atoms with Crippen molar-refractivity contribution < 1.29 is 13.9 Å². The molecular weight excluding hydrogens is 359 g/mol. The first-order valence-corrected chi connectivity index (χ1v) is 8.89. The number of carbonyl (C=O) groups is 1. The second-order valence-electron chi connectivity index (χ2n) is 6.43. The maximum Gasteiger partial charge on any atom is 0.251 e. The number of amides is 1. The lowest BCUT2D eigenvalue weighted by molar-refractivity contribution is -0.117. The van der Waals surface area contributed by atoms with E-state index in [2.05, 4.69) is 10.3 Å². The second-order valence-corrected chi connectivity index (χ2v) is 6.43. The Morgan fingerprint density at radius 1 is 1.21 bits per heavy atom. The van der Waals surface area contributed by atoms with E-state index in [0.29, 0.717) is 40.9 Å². The van der Waals surface area contributed by atoms with E-state index < -0.39 is 0 Å². The first-order chi connectivity index (χ1) is 13.5. The lowest BCUT2D eigenvalue weighted by atomic mass is 10.1. The predicted molar refractivity (Wildman–Crippen MR) is 108 cm³/mol. The molecule has 0 bridgehead atoms. The molecule has 0 aliphatic carbocycles. The minimum absolute atomic E-state index is 0.200. The lowest BCUT2D eigenvalue weighted by Crippen LogP contribution is -2.28. The van der Waals surface area contributed by atoms with E-state index in [1.54, 1.807) is 38.3 Å². The predicted octanol–water partition coefficient (Wildman–Crippen LogP) is 3.44. The molecule has 28 heavy (non-hydrogen) atoms. The third-order valence-electron chi connectivity index (χ3n) is 4.45. The highest BCUT2D eigenvalue weighted by atomic mass is 19.1. The topological polar surface area (TPSA) is 71.2 Å². The van der Waals surface area contributed by atoms with Gasteiger partial charge in [-0.2, -0.15) is 0 Å². The minimum atomic E-state index is -0.381. The summed E-state index contributed by atoms with van der Waals surface area (Å²) in [6.07, 6.45) is 1.89. The smallest absolute Gasteiger partial charge is 0.251 e. The van der Waals surface area contributed by atoms with E-state index in [9.17, 15) is 14.0 Å². The van der Waals surface area contributed by atoms with Gasteiger partial charge in [-0.3, -0.25) is 9.59 Å². The van der Waals surface area contributed by atoms with Gasteiger partial charge in [0.1, 0.15) is 11.6 Å². The molecule has 5 nitrogen and oxygen atoms in total. The zero-order valence-corrected chi connectivity index (χ0v) is 15.7. The summed E-state index contributed by atoms with van der Waals surface area (Å²) >= 11 is 0. The molecule has 0 fully saturated rings. The van der Waals surface area contributed by atoms with Gasteiger partial charge < -0.3 is 15.0 Å². The number of H-pyrrole nitrogens is 1. The average Bonchev–Trinajstić information content (AvgIpc) is 2.69. The van der Waals surface area contributed by atoms with E-state index in [1.807, 2.05) is 18.2 Å². The van der Waals surface area contributed by atoms with Crippen LogP contribution in [-0.4, -0.2) is 24.5 Å². The fourth-order valence-corrected chi connectivity index (χ4v) is 2.88. The van der Waals surface area contributed by atoms with Crippen molar-refractivity contribution in [2.45, 2.75) is 13.3 Å². The fourth-order valence-electron chi connectivity index (χ4n) is 2.88. The largest absolute Gasteiger partial charge is 0.497 e. The Labute approximate surface area is 161 Å². The highest BCUT2D eigenvalue weighted by molar-refractivity contribution is 5.97. The van der Waals surface area contributed by atoms with Crippen LogP contribution in [0.1, 0.15) is 18.1 Å². The van der Waals surface area contributed by atoms with Gasteiger partial charge in [-0.1, -0.05) is 18.2 Å². The van der Waals surface area contributed by atoms with Crippen LogP contribution in [0.3, 0.4) is 0 Å². The summed E-state index contributed by atoms with van der Waals surface area (Å²) in [7, 11) is 1.57. The van der Waals surface area contributed by atoms with Crippen LogP contribution in [0.4, 0.5) is 4.39 Å². The van der Waals surface area contributed by atoms with Gasteiger partial charge in [-0.15, -0.1) is 0 Å². The number of aromatic nitrogens is 1. The molecule has 3 aromatic rings. The number of carbonyl (C=O) groups excluding carboxylic acids is 1. The summed E-state index contributed by atoms with van der Waals surface area (Å²) in [5, 5.41) is 3.65. The molecule has 0 aliphatic heterocycles. The normalized spacial score (nSPS) is 11.5. The Morgan fingerprint density at radius 3 is 2.75 bits per heavy atom. The monoisotopic (exact) mass is 380 g/mol. The number of nitrogens with one attached hydrogen (secondary N) is 2. The van der Waals surface area contributed by atoms with Crippen molar-refractivity contribution in [1.29, 1.82) is 0 Å². The van der Waals surface area contributed by atoms with E-state index in [0.717, 1.165) is 5.39 Å². The maximum atomic E-state index is 13.7. The molecule has 144 valence electrons. The van der Waals surface area contributed by atoms with Crippen LogP contribution in [0.25, 0.3) is 17.0 Å². The summed E-state index contributed by atoms with van der Waals surface area (Å²) in [6, 6.07) is 13.5. The number of pyridine rings is 1. The molecule has 6 heteroatoms. The van der Waals surface area contributed by atoms with Crippen molar-refractivity contribution in [1.82, 2.24) is 10.3 Å². The summed E-state index contributed by atoms with van der Waals surface area (Å²) in [6.45, 7) is 1.92. The maximum absolute atomic E-state index is 13.7. The molecule has 0 radical (unpaired) electrons. The number of aromatic amines is 1. The Kier molecular flexibility index (Phi) is 5.89. The number of halogens is 1. The molecule has 3 rings (SSSR count). The number of ether oxygens (including phenoxy) is 1. The summed E-state index contributed by atoms with van der Waals surface area (Å²) in [5.74, 6) is -0.0144. The molecule has 0 saturated heterocycles. The van der Waals surface area contributed by atoms with Crippen LogP contribution in [0.2, 0.25) is 0 Å². The van der Waals surface area contributed by atoms with Gasteiger partial charge in [0.2, 0.25) is 5.91 Å². The molecule has 1 heterocycles. The van der Waals surface area contributed by atoms with Gasteiger partial charge in [-0.25, -0.2) is 4.39 Å². The molecule has 1 amide bonds. The molecule has 0 unspecified atom stereocenters. The van der Waals surface area contributed by atoms with E-state index in [-0.39, 0.29) is 17.3 Å². The highest BCUT2D eigenvalue weighted by Gasteiger charge is 2.08. The van der Waals surface area contributed by atoms with Crippen molar-refractivity contribution in [3.05, 3.63) is 81.4 Å². The minimum Gasteiger partial charge on any atom is -0.497 e. The van der Waals surface area contributed by atoms with Gasteiger partial charge in [0.05, 0.1) is 12.6 Å². The van der Waals surface area contributed by atoms with Crippen LogP contribution in [0, 0.1) is 5.82 Å². The zero-order valence-electron chi connectivity index (χ0n) is 15.7. The van der Waals surface area contributed by atoms with Gasteiger partial charge in [0.15, 0.2) is 0 Å². The van der Waals surface area contributed by atoms with Crippen molar-refractivity contribution >= 4 is 22.9 Å². The Bertz CT molecular complexity index is 1100. The third-order valence-corrected chi connectivity index (χ3v) is 4.45. The lowest BCUT2D eigenvalue weighted by Gasteiger charge is -2.07. The molecule has 0 spiro atoms. The van der Waals surface area contributed by atoms with Crippen molar-refractivity contribution in [2.75, 3.05) is 13.7 Å². The molecule has 0 saturated carbocycles. The zero-order chi connectivity index (χ0) is 20.1. The Hall–Kier alpha value is -3.41. The van der Waals surface area contributed by atoms with Crippen LogP contribution >= 0.6 is 0 Å². The molecule has 0 atom stereocenters. The van der Waals surface area contributed by atoms with E-state index in [1.165, 1.54) is 12.1 Å². The number of methoxy groups -OCH3 is 1. The van der Waals surface area contributed by atoms with Gasteiger partial charge in [0, 0.05) is 29.3 Å². The molecule has 1 aromatic heterocycles. The van der Waals surface area contributed by atoms with Gasteiger partial charge in [-0.05, 0) is 49.1 Å². The quantitative estimate of drug-likeness (QED) is 0.644. The number of rotatable bonds is 6. The summed E-state index contributed by atoms with van der Waals surface area (Å²) in [4.78, 5) is 27.3. The average molecular weight is 380 g/mol. The molecule has 0 aliphatic rings. The molecular formula is C22H21FN2O3. The highest BCUT2D eigenvalue weighted by Crippen LogP contribution is 2.18. The number of hydrogen-bond acceptors (Lipinski definition) is 3. The first kappa shape index (κ1) is 19.4. The van der Waals surface area contributed by atoms with Crippen LogP contribution in [-0.2, 0) is 11.2 Å². The summed E-state index contributed by atoms with van der Waals surface area (Å²) < 4.78 is 18.8. The molecule has 2 N–H and O–H groups in total. The number of hydrogen-bond donors (Lipinski definition) is 2. The van der Waals surface area contributed by atoms with Crippen LogP contribution < -0.4 is 15.6 Å². The Morgan fingerprint density at radius 2 is 2.00 bits per heavy atom. The molecule has 2 aromatic carbocycles. The van der Waals surface area contributed by atoms with E-state index >= 15 is 0 Å². The fraction of sp³-hybridized carbons (Fsp3) is 0.182. The van der Waals surface area contributed by atoms with Crippen LogP contribution in [0.5, 0.6) is 5.75 Å². The second kappa shape index (κ2) is 8.52. The first-order valence-electron chi connectivity index (χ1n) is 8.89.